The monoisotopic (exact) mass is 272 g/mol. The molecule has 1 heterocycles. The summed E-state index contributed by atoms with van der Waals surface area (Å²) in [5, 5.41) is 15.0. The molecule has 1 rings (SSSR count). The van der Waals surface area contributed by atoms with Crippen molar-refractivity contribution in [2.45, 2.75) is 52.6 Å². The van der Waals surface area contributed by atoms with Crippen molar-refractivity contribution in [1.29, 1.82) is 0 Å². The molecule has 0 spiro atoms. The smallest absolute Gasteiger partial charge is 0.315 e. The summed E-state index contributed by atoms with van der Waals surface area (Å²) in [5.41, 5.74) is -0.0697. The zero-order chi connectivity index (χ0) is 14.5. The average molecular weight is 272 g/mol. The van der Waals surface area contributed by atoms with E-state index < -0.39 is 0 Å². The minimum Gasteiger partial charge on any atom is -0.396 e. The molecule has 0 saturated carbocycles. The molecule has 0 unspecified atom stereocenters. The number of urea groups is 1. The number of amides is 2. The van der Waals surface area contributed by atoms with Gasteiger partial charge < -0.3 is 20.5 Å². The van der Waals surface area contributed by atoms with E-state index >= 15 is 0 Å². The first-order chi connectivity index (χ1) is 8.84. The van der Waals surface area contributed by atoms with Gasteiger partial charge in [0.05, 0.1) is 6.61 Å². The van der Waals surface area contributed by atoms with Crippen molar-refractivity contribution >= 4 is 6.03 Å². The van der Waals surface area contributed by atoms with Crippen molar-refractivity contribution in [2.75, 3.05) is 19.8 Å². The Labute approximate surface area is 116 Å². The molecule has 5 nitrogen and oxygen atoms in total. The first-order valence-corrected chi connectivity index (χ1v) is 7.10. The predicted octanol–water partition coefficient (Wildman–Crippen LogP) is 1.51. The summed E-state index contributed by atoms with van der Waals surface area (Å²) in [6.07, 6.45) is 1.57. The van der Waals surface area contributed by atoms with Gasteiger partial charge in [-0.05, 0) is 25.2 Å². The fourth-order valence-corrected chi connectivity index (χ4v) is 2.32. The van der Waals surface area contributed by atoms with Crippen LogP contribution in [0.2, 0.25) is 0 Å². The van der Waals surface area contributed by atoms with Crippen molar-refractivity contribution in [1.82, 2.24) is 10.6 Å². The molecular formula is C14H28N2O3. The van der Waals surface area contributed by atoms with Gasteiger partial charge in [-0.3, -0.25) is 0 Å². The summed E-state index contributed by atoms with van der Waals surface area (Å²) in [6, 6.07) is -0.0884. The van der Waals surface area contributed by atoms with Gasteiger partial charge in [0.2, 0.25) is 0 Å². The number of nitrogens with one attached hydrogen (secondary N) is 2. The maximum Gasteiger partial charge on any atom is 0.315 e. The molecule has 0 aromatic carbocycles. The SMILES string of the molecule is C[C@H](NC(=O)N[C@H](CCO)C(C)(C)C)[C@H]1CCOC1. The van der Waals surface area contributed by atoms with E-state index in [1.807, 2.05) is 6.92 Å². The zero-order valence-corrected chi connectivity index (χ0v) is 12.5. The number of aliphatic hydroxyl groups is 1. The molecule has 0 aromatic rings. The highest BCUT2D eigenvalue weighted by Crippen LogP contribution is 2.21. The van der Waals surface area contributed by atoms with Crippen LogP contribution in [0, 0.1) is 11.3 Å². The second-order valence-electron chi connectivity index (χ2n) is 6.46. The number of aliphatic hydroxyl groups excluding tert-OH is 1. The number of rotatable bonds is 5. The molecule has 1 aliphatic heterocycles. The third kappa shape index (κ3) is 5.37. The van der Waals surface area contributed by atoms with Crippen LogP contribution in [0.5, 0.6) is 0 Å². The van der Waals surface area contributed by atoms with Gasteiger partial charge >= 0.3 is 6.03 Å². The first-order valence-electron chi connectivity index (χ1n) is 7.10. The Morgan fingerprint density at radius 1 is 1.42 bits per heavy atom. The van der Waals surface area contributed by atoms with Gasteiger partial charge in [0.15, 0.2) is 0 Å². The van der Waals surface area contributed by atoms with Crippen molar-refractivity contribution < 1.29 is 14.6 Å². The lowest BCUT2D eigenvalue weighted by Gasteiger charge is -2.32. The zero-order valence-electron chi connectivity index (χ0n) is 12.5. The van der Waals surface area contributed by atoms with E-state index in [0.29, 0.717) is 12.3 Å². The number of hydrogen-bond acceptors (Lipinski definition) is 3. The lowest BCUT2D eigenvalue weighted by Crippen LogP contribution is -2.51. The van der Waals surface area contributed by atoms with Crippen LogP contribution in [0.15, 0.2) is 0 Å². The lowest BCUT2D eigenvalue weighted by molar-refractivity contribution is 0.173. The van der Waals surface area contributed by atoms with Gasteiger partial charge in [-0.2, -0.15) is 0 Å². The Kier molecular flexibility index (Phi) is 6.07. The normalized spacial score (nSPS) is 22.9. The highest BCUT2D eigenvalue weighted by atomic mass is 16.5. The molecule has 112 valence electrons. The van der Waals surface area contributed by atoms with E-state index in [9.17, 15) is 4.79 Å². The summed E-state index contributed by atoms with van der Waals surface area (Å²) in [7, 11) is 0. The van der Waals surface area contributed by atoms with Crippen LogP contribution in [-0.2, 0) is 4.74 Å². The second-order valence-corrected chi connectivity index (χ2v) is 6.46. The molecule has 19 heavy (non-hydrogen) atoms. The molecule has 0 bridgehead atoms. The van der Waals surface area contributed by atoms with E-state index in [2.05, 4.69) is 31.4 Å². The third-order valence-corrected chi connectivity index (χ3v) is 3.80. The molecule has 3 N–H and O–H groups in total. The maximum atomic E-state index is 12.0. The van der Waals surface area contributed by atoms with Crippen molar-refractivity contribution in [3.05, 3.63) is 0 Å². The van der Waals surface area contributed by atoms with Gasteiger partial charge in [0, 0.05) is 31.2 Å². The Hall–Kier alpha value is -0.810. The molecule has 0 aliphatic carbocycles. The highest BCUT2D eigenvalue weighted by Gasteiger charge is 2.28. The van der Waals surface area contributed by atoms with Gasteiger partial charge in [0.1, 0.15) is 0 Å². The van der Waals surface area contributed by atoms with E-state index in [4.69, 9.17) is 9.84 Å². The summed E-state index contributed by atoms with van der Waals surface area (Å²) in [6.45, 7) is 9.77. The number of carbonyl (C=O) groups excluding carboxylic acids is 1. The van der Waals surface area contributed by atoms with Crippen LogP contribution in [-0.4, -0.2) is 43.0 Å². The molecule has 2 amide bonds. The Bertz CT molecular complexity index is 283. The van der Waals surface area contributed by atoms with E-state index in [0.717, 1.165) is 19.6 Å². The van der Waals surface area contributed by atoms with Gasteiger partial charge in [0.25, 0.3) is 0 Å². The largest absolute Gasteiger partial charge is 0.396 e. The van der Waals surface area contributed by atoms with E-state index in [-0.39, 0.29) is 30.1 Å². The summed E-state index contributed by atoms with van der Waals surface area (Å²) in [5.74, 6) is 0.400. The first kappa shape index (κ1) is 16.2. The second kappa shape index (κ2) is 7.10. The molecule has 1 aliphatic rings. The molecular weight excluding hydrogens is 244 g/mol. The fourth-order valence-electron chi connectivity index (χ4n) is 2.32. The van der Waals surface area contributed by atoms with E-state index in [1.165, 1.54) is 0 Å². The van der Waals surface area contributed by atoms with Gasteiger partial charge in [-0.25, -0.2) is 4.79 Å². The Morgan fingerprint density at radius 3 is 2.58 bits per heavy atom. The molecule has 5 heteroatoms. The molecule has 3 atom stereocenters. The number of ether oxygens (including phenoxy) is 1. The molecule has 1 saturated heterocycles. The minimum atomic E-state index is -0.159. The van der Waals surface area contributed by atoms with Crippen LogP contribution in [0.3, 0.4) is 0 Å². The number of carbonyl (C=O) groups is 1. The Balaban J connectivity index is 2.43. The fraction of sp³-hybridized carbons (Fsp3) is 0.929. The van der Waals surface area contributed by atoms with Gasteiger partial charge in [-0.15, -0.1) is 0 Å². The predicted molar refractivity (Wildman–Crippen MR) is 75.0 cm³/mol. The van der Waals surface area contributed by atoms with E-state index in [1.54, 1.807) is 0 Å². The summed E-state index contributed by atoms with van der Waals surface area (Å²) >= 11 is 0. The standard InChI is InChI=1S/C14H28N2O3/c1-10(11-6-8-19-9-11)15-13(18)16-12(5-7-17)14(2,3)4/h10-12,17H,5-9H2,1-4H3,(H2,15,16,18)/t10-,11-,12+/m0/s1. The molecule has 1 fully saturated rings. The molecule has 0 radical (unpaired) electrons. The quantitative estimate of drug-likeness (QED) is 0.710. The summed E-state index contributed by atoms with van der Waals surface area (Å²) < 4.78 is 5.33. The average Bonchev–Trinajstić information content (AvgIpc) is 2.80. The van der Waals surface area contributed by atoms with Crippen molar-refractivity contribution in [3.8, 4) is 0 Å². The van der Waals surface area contributed by atoms with Crippen LogP contribution in [0.25, 0.3) is 0 Å². The minimum absolute atomic E-state index is 0.0375. The molecule has 0 aromatic heterocycles. The third-order valence-electron chi connectivity index (χ3n) is 3.80. The van der Waals surface area contributed by atoms with Gasteiger partial charge in [-0.1, -0.05) is 20.8 Å². The maximum absolute atomic E-state index is 12.0. The topological polar surface area (TPSA) is 70.6 Å². The van der Waals surface area contributed by atoms with Crippen LogP contribution >= 0.6 is 0 Å². The summed E-state index contributed by atoms with van der Waals surface area (Å²) in [4.78, 5) is 12.0. The number of hydrogen-bond donors (Lipinski definition) is 3. The van der Waals surface area contributed by atoms with Crippen LogP contribution in [0.4, 0.5) is 4.79 Å². The Morgan fingerprint density at radius 2 is 2.11 bits per heavy atom. The van der Waals surface area contributed by atoms with Crippen molar-refractivity contribution in [2.24, 2.45) is 11.3 Å². The van der Waals surface area contributed by atoms with Crippen molar-refractivity contribution in [3.63, 3.8) is 0 Å². The van der Waals surface area contributed by atoms with Crippen LogP contribution < -0.4 is 10.6 Å². The lowest BCUT2D eigenvalue weighted by atomic mass is 9.85. The highest BCUT2D eigenvalue weighted by molar-refractivity contribution is 5.74. The van der Waals surface area contributed by atoms with Crippen LogP contribution in [0.1, 0.15) is 40.5 Å².